The minimum Gasteiger partial charge on any atom is -0.379 e. The van der Waals surface area contributed by atoms with E-state index >= 15 is 0 Å². The van der Waals surface area contributed by atoms with Crippen LogP contribution in [0.15, 0.2) is 54.6 Å². The number of likely N-dealkylation sites (N-methyl/N-ethyl adjacent to an activating group) is 1. The number of morpholine rings is 1. The Bertz CT molecular complexity index is 854. The Labute approximate surface area is 192 Å². The van der Waals surface area contributed by atoms with Gasteiger partial charge in [0, 0.05) is 64.0 Å². The summed E-state index contributed by atoms with van der Waals surface area (Å²) >= 11 is 0. The third-order valence-electron chi connectivity index (χ3n) is 6.49. The number of hydrogen-bond acceptors (Lipinski definition) is 5. The van der Waals surface area contributed by atoms with Gasteiger partial charge in [-0.1, -0.05) is 42.5 Å². The SMILES string of the molecule is CN1CCN(CCCNC(=O)c2cccc(CN3CCOCC3)c2)C(c2ccccc2)C1. The van der Waals surface area contributed by atoms with Crippen molar-refractivity contribution in [3.8, 4) is 0 Å². The van der Waals surface area contributed by atoms with Gasteiger partial charge in [-0.15, -0.1) is 0 Å². The molecule has 6 nitrogen and oxygen atoms in total. The van der Waals surface area contributed by atoms with Crippen LogP contribution in [0.5, 0.6) is 0 Å². The van der Waals surface area contributed by atoms with Gasteiger partial charge in [0.2, 0.25) is 0 Å². The number of piperazine rings is 1. The van der Waals surface area contributed by atoms with E-state index < -0.39 is 0 Å². The third-order valence-corrected chi connectivity index (χ3v) is 6.49. The molecule has 2 aromatic rings. The van der Waals surface area contributed by atoms with Crippen molar-refractivity contribution in [2.24, 2.45) is 0 Å². The number of nitrogens with zero attached hydrogens (tertiary/aromatic N) is 3. The Morgan fingerprint density at radius 1 is 1.03 bits per heavy atom. The van der Waals surface area contributed by atoms with Crippen molar-refractivity contribution in [1.29, 1.82) is 0 Å². The lowest BCUT2D eigenvalue weighted by Gasteiger charge is -2.40. The van der Waals surface area contributed by atoms with Crippen molar-refractivity contribution >= 4 is 5.91 Å². The molecular formula is C26H36N4O2. The Balaban J connectivity index is 1.25. The van der Waals surface area contributed by atoms with Gasteiger partial charge in [-0.25, -0.2) is 0 Å². The second-order valence-electron chi connectivity index (χ2n) is 8.92. The highest BCUT2D eigenvalue weighted by Crippen LogP contribution is 2.24. The van der Waals surface area contributed by atoms with Crippen LogP contribution in [0.4, 0.5) is 0 Å². The standard InChI is InChI=1S/C26H36N4O2/c1-28-13-14-30(25(21-28)23-8-3-2-4-9-23)12-6-11-27-26(31)24-10-5-7-22(19-24)20-29-15-17-32-18-16-29/h2-5,7-10,19,25H,6,11-18,20-21H2,1H3,(H,27,31). The highest BCUT2D eigenvalue weighted by Gasteiger charge is 2.26. The summed E-state index contributed by atoms with van der Waals surface area (Å²) in [6.45, 7) is 9.24. The van der Waals surface area contributed by atoms with Crippen LogP contribution in [-0.4, -0.2) is 86.7 Å². The molecule has 1 atom stereocenters. The molecule has 2 saturated heterocycles. The molecule has 2 aliphatic rings. The van der Waals surface area contributed by atoms with Crippen LogP contribution in [0.1, 0.15) is 33.9 Å². The van der Waals surface area contributed by atoms with E-state index in [2.05, 4.69) is 63.5 Å². The number of hydrogen-bond donors (Lipinski definition) is 1. The average Bonchev–Trinajstić information content (AvgIpc) is 2.84. The van der Waals surface area contributed by atoms with E-state index in [1.165, 1.54) is 11.1 Å². The van der Waals surface area contributed by atoms with Crippen molar-refractivity contribution in [1.82, 2.24) is 20.0 Å². The lowest BCUT2D eigenvalue weighted by Crippen LogP contribution is -2.47. The zero-order valence-corrected chi connectivity index (χ0v) is 19.2. The van der Waals surface area contributed by atoms with E-state index in [1.807, 2.05) is 18.2 Å². The van der Waals surface area contributed by atoms with E-state index in [0.717, 1.165) is 71.0 Å². The number of ether oxygens (including phenoxy) is 1. The first kappa shape index (κ1) is 22.9. The van der Waals surface area contributed by atoms with Gasteiger partial charge >= 0.3 is 0 Å². The minimum atomic E-state index is 0.0202. The molecule has 1 unspecified atom stereocenters. The molecule has 6 heteroatoms. The molecule has 172 valence electrons. The van der Waals surface area contributed by atoms with Gasteiger partial charge in [0.05, 0.1) is 13.2 Å². The number of amides is 1. The van der Waals surface area contributed by atoms with Crippen LogP contribution in [0, 0.1) is 0 Å². The largest absolute Gasteiger partial charge is 0.379 e. The zero-order chi connectivity index (χ0) is 22.2. The fourth-order valence-electron chi connectivity index (χ4n) is 4.63. The van der Waals surface area contributed by atoms with Crippen LogP contribution < -0.4 is 5.32 Å². The summed E-state index contributed by atoms with van der Waals surface area (Å²) in [5.41, 5.74) is 3.31. The van der Waals surface area contributed by atoms with E-state index in [9.17, 15) is 4.79 Å². The summed E-state index contributed by atoms with van der Waals surface area (Å²) in [6, 6.07) is 19.2. The molecular weight excluding hydrogens is 400 g/mol. The molecule has 32 heavy (non-hydrogen) atoms. The highest BCUT2D eigenvalue weighted by atomic mass is 16.5. The molecule has 2 fully saturated rings. The molecule has 0 aliphatic carbocycles. The summed E-state index contributed by atoms with van der Waals surface area (Å²) in [5.74, 6) is 0.0202. The third kappa shape index (κ3) is 6.39. The van der Waals surface area contributed by atoms with Crippen LogP contribution in [0.25, 0.3) is 0 Å². The molecule has 1 amide bonds. The maximum atomic E-state index is 12.7. The van der Waals surface area contributed by atoms with E-state index in [1.54, 1.807) is 0 Å². The fourth-order valence-corrected chi connectivity index (χ4v) is 4.63. The van der Waals surface area contributed by atoms with Crippen molar-refractivity contribution < 1.29 is 9.53 Å². The first-order chi connectivity index (χ1) is 15.7. The van der Waals surface area contributed by atoms with E-state index in [4.69, 9.17) is 4.74 Å². The second-order valence-corrected chi connectivity index (χ2v) is 8.92. The van der Waals surface area contributed by atoms with Crippen molar-refractivity contribution in [3.05, 3.63) is 71.3 Å². The highest BCUT2D eigenvalue weighted by molar-refractivity contribution is 5.94. The Kier molecular flexibility index (Phi) is 8.29. The number of rotatable bonds is 8. The van der Waals surface area contributed by atoms with Gasteiger partial charge < -0.3 is 15.0 Å². The van der Waals surface area contributed by atoms with Crippen LogP contribution in [-0.2, 0) is 11.3 Å². The minimum absolute atomic E-state index is 0.0202. The van der Waals surface area contributed by atoms with Crippen LogP contribution >= 0.6 is 0 Å². The molecule has 2 heterocycles. The lowest BCUT2D eigenvalue weighted by molar-refractivity contribution is 0.0342. The summed E-state index contributed by atoms with van der Waals surface area (Å²) < 4.78 is 5.42. The molecule has 1 N–H and O–H groups in total. The lowest BCUT2D eigenvalue weighted by atomic mass is 10.0. The van der Waals surface area contributed by atoms with Crippen LogP contribution in [0.2, 0.25) is 0 Å². The zero-order valence-electron chi connectivity index (χ0n) is 19.2. The number of nitrogens with one attached hydrogen (secondary N) is 1. The Morgan fingerprint density at radius 3 is 2.66 bits per heavy atom. The topological polar surface area (TPSA) is 48.0 Å². The molecule has 0 saturated carbocycles. The van der Waals surface area contributed by atoms with Gasteiger partial charge in [-0.05, 0) is 36.7 Å². The summed E-state index contributed by atoms with van der Waals surface area (Å²) in [5, 5.41) is 3.12. The summed E-state index contributed by atoms with van der Waals surface area (Å²) in [4.78, 5) is 20.0. The monoisotopic (exact) mass is 436 g/mol. The normalized spacial score (nSPS) is 20.8. The van der Waals surface area contributed by atoms with Gasteiger partial charge in [0.25, 0.3) is 5.91 Å². The first-order valence-corrected chi connectivity index (χ1v) is 11.8. The predicted molar refractivity (Wildman–Crippen MR) is 128 cm³/mol. The summed E-state index contributed by atoms with van der Waals surface area (Å²) in [6.07, 6.45) is 0.951. The maximum absolute atomic E-state index is 12.7. The van der Waals surface area contributed by atoms with Gasteiger partial charge in [-0.3, -0.25) is 14.6 Å². The van der Waals surface area contributed by atoms with Crippen molar-refractivity contribution in [3.63, 3.8) is 0 Å². The van der Waals surface area contributed by atoms with Gasteiger partial charge in [0.15, 0.2) is 0 Å². The van der Waals surface area contributed by atoms with E-state index in [-0.39, 0.29) is 5.91 Å². The average molecular weight is 437 g/mol. The van der Waals surface area contributed by atoms with Gasteiger partial charge in [0.1, 0.15) is 0 Å². The predicted octanol–water partition coefficient (Wildman–Crippen LogP) is 2.63. The van der Waals surface area contributed by atoms with E-state index in [0.29, 0.717) is 12.6 Å². The molecule has 2 aliphatic heterocycles. The molecule has 0 bridgehead atoms. The number of carbonyl (C=O) groups is 1. The maximum Gasteiger partial charge on any atom is 0.251 e. The molecule has 0 aromatic heterocycles. The quantitative estimate of drug-likeness (QED) is 0.645. The second kappa shape index (κ2) is 11.6. The number of benzene rings is 2. The fraction of sp³-hybridized carbons (Fsp3) is 0.500. The van der Waals surface area contributed by atoms with Crippen molar-refractivity contribution in [2.45, 2.75) is 19.0 Å². The summed E-state index contributed by atoms with van der Waals surface area (Å²) in [7, 11) is 2.20. The first-order valence-electron chi connectivity index (χ1n) is 11.8. The molecule has 0 radical (unpaired) electrons. The molecule has 2 aromatic carbocycles. The number of carbonyl (C=O) groups excluding carboxylic acids is 1. The van der Waals surface area contributed by atoms with Crippen LogP contribution in [0.3, 0.4) is 0 Å². The molecule has 4 rings (SSSR count). The van der Waals surface area contributed by atoms with Gasteiger partial charge in [-0.2, -0.15) is 0 Å². The smallest absolute Gasteiger partial charge is 0.251 e. The Hall–Kier alpha value is -2.25. The van der Waals surface area contributed by atoms with Crippen molar-refractivity contribution in [2.75, 3.05) is 66.1 Å². The Morgan fingerprint density at radius 2 is 1.84 bits per heavy atom. The molecule has 0 spiro atoms.